The highest BCUT2D eigenvalue weighted by atomic mass is 16.1. The maximum Gasteiger partial charge on any atom is 0.347 e. The molecule has 2 N–H and O–H groups in total. The molecule has 0 saturated heterocycles. The molecule has 0 unspecified atom stereocenters. The third-order valence-corrected chi connectivity index (χ3v) is 1.64. The predicted octanol–water partition coefficient (Wildman–Crippen LogP) is -0.685. The van der Waals surface area contributed by atoms with Crippen molar-refractivity contribution in [2.24, 2.45) is 0 Å². The molecule has 0 saturated carbocycles. The summed E-state index contributed by atoms with van der Waals surface area (Å²) in [5.41, 5.74) is 0.442. The number of H-pyrrole nitrogens is 2. The van der Waals surface area contributed by atoms with Gasteiger partial charge in [0.15, 0.2) is 5.65 Å². The Hall–Kier alpha value is -1.98. The van der Waals surface area contributed by atoms with Gasteiger partial charge in [-0.1, -0.05) is 0 Å². The van der Waals surface area contributed by atoms with Crippen molar-refractivity contribution in [1.82, 2.24) is 19.9 Å². The van der Waals surface area contributed by atoms with E-state index in [-0.39, 0.29) is 11.2 Å². The van der Waals surface area contributed by atoms with Gasteiger partial charge in [0.05, 0.1) is 6.20 Å². The van der Waals surface area contributed by atoms with Crippen LogP contribution in [-0.4, -0.2) is 19.9 Å². The van der Waals surface area contributed by atoms with Crippen LogP contribution in [0.15, 0.2) is 15.8 Å². The highest BCUT2D eigenvalue weighted by molar-refractivity contribution is 5.70. The SMILES string of the molecule is Cc1[nH]c(=O)nc2[nH]c(=O)cnc12. The van der Waals surface area contributed by atoms with E-state index < -0.39 is 5.69 Å². The summed E-state index contributed by atoms with van der Waals surface area (Å²) in [5, 5.41) is 0. The van der Waals surface area contributed by atoms with Crippen molar-refractivity contribution >= 4 is 11.2 Å². The number of aromatic nitrogens is 4. The summed E-state index contributed by atoms with van der Waals surface area (Å²) < 4.78 is 0. The minimum Gasteiger partial charge on any atom is -0.308 e. The van der Waals surface area contributed by atoms with E-state index in [2.05, 4.69) is 19.9 Å². The van der Waals surface area contributed by atoms with Gasteiger partial charge in [0.25, 0.3) is 5.56 Å². The van der Waals surface area contributed by atoms with Crippen molar-refractivity contribution in [1.29, 1.82) is 0 Å². The van der Waals surface area contributed by atoms with Gasteiger partial charge >= 0.3 is 5.69 Å². The van der Waals surface area contributed by atoms with Gasteiger partial charge in [0.1, 0.15) is 5.52 Å². The minimum absolute atomic E-state index is 0.216. The summed E-state index contributed by atoms with van der Waals surface area (Å²) in [6, 6.07) is 0. The van der Waals surface area contributed by atoms with Gasteiger partial charge < -0.3 is 9.97 Å². The molecule has 2 rings (SSSR count). The van der Waals surface area contributed by atoms with Crippen molar-refractivity contribution < 1.29 is 0 Å². The fraction of sp³-hybridized carbons (Fsp3) is 0.143. The van der Waals surface area contributed by atoms with Gasteiger partial charge in [-0.3, -0.25) is 4.79 Å². The summed E-state index contributed by atoms with van der Waals surface area (Å²) in [7, 11) is 0. The van der Waals surface area contributed by atoms with Crippen molar-refractivity contribution in [3.63, 3.8) is 0 Å². The first-order chi connectivity index (χ1) is 6.16. The Morgan fingerprint density at radius 1 is 1.31 bits per heavy atom. The number of aryl methyl sites for hydroxylation is 1. The molecule has 0 atom stereocenters. The fourth-order valence-corrected chi connectivity index (χ4v) is 1.10. The third kappa shape index (κ3) is 1.22. The highest BCUT2D eigenvalue weighted by Gasteiger charge is 2.01. The van der Waals surface area contributed by atoms with Crippen molar-refractivity contribution in [2.75, 3.05) is 0 Å². The molecule has 0 spiro atoms. The van der Waals surface area contributed by atoms with Crippen LogP contribution >= 0.6 is 0 Å². The van der Waals surface area contributed by atoms with Crippen molar-refractivity contribution in [3.8, 4) is 0 Å². The summed E-state index contributed by atoms with van der Waals surface area (Å²) in [5.74, 6) is 0. The van der Waals surface area contributed by atoms with E-state index in [1.807, 2.05) is 0 Å². The second-order valence-corrected chi connectivity index (χ2v) is 2.61. The molecule has 0 aliphatic rings. The number of rotatable bonds is 0. The van der Waals surface area contributed by atoms with Crippen LogP contribution in [0, 0.1) is 6.92 Å². The Morgan fingerprint density at radius 3 is 2.85 bits per heavy atom. The van der Waals surface area contributed by atoms with Gasteiger partial charge in [-0.15, -0.1) is 0 Å². The molecule has 0 aromatic carbocycles. The van der Waals surface area contributed by atoms with E-state index in [1.165, 1.54) is 0 Å². The lowest BCUT2D eigenvalue weighted by molar-refractivity contribution is 1.02. The van der Waals surface area contributed by atoms with Gasteiger partial charge in [-0.25, -0.2) is 9.78 Å². The van der Waals surface area contributed by atoms with Crippen molar-refractivity contribution in [3.05, 3.63) is 32.7 Å². The van der Waals surface area contributed by atoms with E-state index >= 15 is 0 Å². The first-order valence-electron chi connectivity index (χ1n) is 3.63. The van der Waals surface area contributed by atoms with E-state index in [4.69, 9.17) is 0 Å². The molecule has 0 bridgehead atoms. The van der Waals surface area contributed by atoms with Crippen LogP contribution < -0.4 is 11.2 Å². The van der Waals surface area contributed by atoms with E-state index in [0.29, 0.717) is 11.2 Å². The minimum atomic E-state index is -0.492. The molecular formula is C7H6N4O2. The molecule has 2 aromatic heterocycles. The van der Waals surface area contributed by atoms with Crippen LogP contribution in [-0.2, 0) is 0 Å². The van der Waals surface area contributed by atoms with E-state index in [9.17, 15) is 9.59 Å². The Labute approximate surface area is 71.7 Å². The summed E-state index contributed by atoms with van der Waals surface area (Å²) >= 11 is 0. The van der Waals surface area contributed by atoms with Crippen LogP contribution in [0.25, 0.3) is 11.2 Å². The molecule has 0 radical (unpaired) electrons. The number of aromatic amines is 2. The van der Waals surface area contributed by atoms with Gasteiger partial charge in [-0.2, -0.15) is 4.98 Å². The van der Waals surface area contributed by atoms with E-state index in [0.717, 1.165) is 6.20 Å². The number of fused-ring (bicyclic) bond motifs is 1. The lowest BCUT2D eigenvalue weighted by Gasteiger charge is -1.96. The number of nitrogens with zero attached hydrogens (tertiary/aromatic N) is 2. The van der Waals surface area contributed by atoms with Crippen molar-refractivity contribution in [2.45, 2.75) is 6.92 Å². The van der Waals surface area contributed by atoms with Crippen LogP contribution in [0.5, 0.6) is 0 Å². The second kappa shape index (κ2) is 2.51. The molecule has 66 valence electrons. The molecular weight excluding hydrogens is 172 g/mol. The average Bonchev–Trinajstić information content (AvgIpc) is 2.02. The Morgan fingerprint density at radius 2 is 2.08 bits per heavy atom. The van der Waals surface area contributed by atoms with Crippen LogP contribution in [0.2, 0.25) is 0 Å². The fourth-order valence-electron chi connectivity index (χ4n) is 1.10. The largest absolute Gasteiger partial charge is 0.347 e. The smallest absolute Gasteiger partial charge is 0.308 e. The van der Waals surface area contributed by atoms with E-state index in [1.54, 1.807) is 6.92 Å². The number of hydrogen-bond acceptors (Lipinski definition) is 4. The zero-order chi connectivity index (χ0) is 9.42. The van der Waals surface area contributed by atoms with Crippen LogP contribution in [0.4, 0.5) is 0 Å². The van der Waals surface area contributed by atoms with Gasteiger partial charge in [0.2, 0.25) is 0 Å². The third-order valence-electron chi connectivity index (χ3n) is 1.64. The topological polar surface area (TPSA) is 91.5 Å². The predicted molar refractivity (Wildman–Crippen MR) is 45.5 cm³/mol. The Kier molecular flexibility index (Phi) is 1.48. The summed E-state index contributed by atoms with van der Waals surface area (Å²) in [4.78, 5) is 34.1. The molecule has 0 aliphatic heterocycles. The zero-order valence-corrected chi connectivity index (χ0v) is 6.79. The first-order valence-corrected chi connectivity index (χ1v) is 3.63. The second-order valence-electron chi connectivity index (χ2n) is 2.61. The molecule has 6 nitrogen and oxygen atoms in total. The van der Waals surface area contributed by atoms with Crippen LogP contribution in [0.3, 0.4) is 0 Å². The maximum atomic E-state index is 10.9. The molecule has 0 amide bonds. The normalized spacial score (nSPS) is 10.5. The lowest BCUT2D eigenvalue weighted by Crippen LogP contribution is -2.16. The van der Waals surface area contributed by atoms with Gasteiger partial charge in [0, 0.05) is 5.69 Å². The molecule has 2 aromatic rings. The quantitative estimate of drug-likeness (QED) is 0.558. The zero-order valence-electron chi connectivity index (χ0n) is 6.79. The first kappa shape index (κ1) is 7.66. The Bertz CT molecular complexity index is 563. The highest BCUT2D eigenvalue weighted by Crippen LogP contribution is 2.02. The molecule has 13 heavy (non-hydrogen) atoms. The molecule has 2 heterocycles. The Balaban J connectivity index is 3.03. The number of nitrogens with one attached hydrogen (secondary N) is 2. The molecule has 6 heteroatoms. The lowest BCUT2D eigenvalue weighted by atomic mass is 10.4. The monoisotopic (exact) mass is 178 g/mol. The molecule has 0 fully saturated rings. The maximum absolute atomic E-state index is 10.9. The summed E-state index contributed by atoms with van der Waals surface area (Å²) in [6.45, 7) is 1.69. The molecule has 0 aliphatic carbocycles. The van der Waals surface area contributed by atoms with Gasteiger partial charge in [-0.05, 0) is 6.92 Å². The average molecular weight is 178 g/mol. The van der Waals surface area contributed by atoms with Crippen LogP contribution in [0.1, 0.15) is 5.69 Å². The standard InChI is InChI=1S/C7H6N4O2/c1-3-5-6(11-7(13)9-3)10-4(12)2-8-5/h2H,1H3,(H2,9,10,11,12,13). The number of hydrogen-bond donors (Lipinski definition) is 2. The summed E-state index contributed by atoms with van der Waals surface area (Å²) in [6.07, 6.45) is 1.15.